The van der Waals surface area contributed by atoms with Gasteiger partial charge in [0.05, 0.1) is 0 Å². The molecule has 78 valence electrons. The zero-order valence-corrected chi connectivity index (χ0v) is 9.64. The molecule has 2 heteroatoms. The lowest BCUT2D eigenvalue weighted by molar-refractivity contribution is 0.596. The summed E-state index contributed by atoms with van der Waals surface area (Å²) in [6.07, 6.45) is 3.15. The van der Waals surface area contributed by atoms with Crippen LogP contribution in [0.1, 0.15) is 30.9 Å². The first-order chi connectivity index (χ1) is 6.63. The minimum atomic E-state index is 0.325. The highest BCUT2D eigenvalue weighted by Crippen LogP contribution is 2.17. The van der Waals surface area contributed by atoms with Crippen molar-refractivity contribution < 1.29 is 0 Å². The van der Waals surface area contributed by atoms with Crippen LogP contribution in [0.4, 0.5) is 0 Å². The molecule has 0 amide bonds. The van der Waals surface area contributed by atoms with E-state index in [1.165, 1.54) is 5.56 Å². The fourth-order valence-corrected chi connectivity index (χ4v) is 1.54. The third-order valence-corrected chi connectivity index (χ3v) is 2.97. The lowest BCUT2D eigenvalue weighted by Crippen LogP contribution is -2.19. The Morgan fingerprint density at radius 2 is 2.14 bits per heavy atom. The van der Waals surface area contributed by atoms with Gasteiger partial charge in [-0.2, -0.15) is 0 Å². The molecule has 1 aromatic rings. The summed E-state index contributed by atoms with van der Waals surface area (Å²) in [6.45, 7) is 4.16. The van der Waals surface area contributed by atoms with E-state index < -0.39 is 0 Å². The SMILES string of the molecule is CCC(N)CCc1ccc(Cl)c(C)c1. The molecule has 0 saturated carbocycles. The Morgan fingerprint density at radius 3 is 2.71 bits per heavy atom. The first kappa shape index (κ1) is 11.5. The highest BCUT2D eigenvalue weighted by molar-refractivity contribution is 6.31. The number of halogens is 1. The second-order valence-corrected chi connectivity index (χ2v) is 4.20. The molecule has 1 aromatic carbocycles. The van der Waals surface area contributed by atoms with Gasteiger partial charge in [-0.3, -0.25) is 0 Å². The molecule has 2 N–H and O–H groups in total. The predicted molar refractivity (Wildman–Crippen MR) is 62.8 cm³/mol. The molecule has 1 unspecified atom stereocenters. The van der Waals surface area contributed by atoms with E-state index in [0.717, 1.165) is 29.8 Å². The smallest absolute Gasteiger partial charge is 0.0435 e. The number of nitrogens with two attached hydrogens (primary N) is 1. The zero-order chi connectivity index (χ0) is 10.6. The maximum atomic E-state index is 5.95. The summed E-state index contributed by atoms with van der Waals surface area (Å²) < 4.78 is 0. The number of hydrogen-bond acceptors (Lipinski definition) is 1. The van der Waals surface area contributed by atoms with Crippen LogP contribution in [0.2, 0.25) is 5.02 Å². The van der Waals surface area contributed by atoms with Gasteiger partial charge in [-0.25, -0.2) is 0 Å². The molecule has 1 rings (SSSR count). The van der Waals surface area contributed by atoms with Crippen LogP contribution in [-0.4, -0.2) is 6.04 Å². The van der Waals surface area contributed by atoms with Gasteiger partial charge in [0.25, 0.3) is 0 Å². The Labute approximate surface area is 91.3 Å². The molecule has 0 heterocycles. The molecule has 0 aliphatic rings. The summed E-state index contributed by atoms with van der Waals surface area (Å²) in [6, 6.07) is 6.51. The Hall–Kier alpha value is -0.530. The van der Waals surface area contributed by atoms with Gasteiger partial charge >= 0.3 is 0 Å². The van der Waals surface area contributed by atoms with E-state index in [-0.39, 0.29) is 0 Å². The molecule has 0 radical (unpaired) electrons. The summed E-state index contributed by atoms with van der Waals surface area (Å²) in [5, 5.41) is 0.841. The average molecular weight is 212 g/mol. The van der Waals surface area contributed by atoms with E-state index in [1.807, 2.05) is 13.0 Å². The van der Waals surface area contributed by atoms with Crippen LogP contribution in [0.15, 0.2) is 18.2 Å². The van der Waals surface area contributed by atoms with Gasteiger partial charge in [-0.15, -0.1) is 0 Å². The van der Waals surface area contributed by atoms with Crippen LogP contribution in [-0.2, 0) is 6.42 Å². The fraction of sp³-hybridized carbons (Fsp3) is 0.500. The average Bonchev–Trinajstić information content (AvgIpc) is 2.19. The molecule has 0 fully saturated rings. The Bertz CT molecular complexity index is 296. The number of hydrogen-bond donors (Lipinski definition) is 1. The number of benzene rings is 1. The van der Waals surface area contributed by atoms with Crippen molar-refractivity contribution in [2.24, 2.45) is 5.73 Å². The topological polar surface area (TPSA) is 26.0 Å². The largest absolute Gasteiger partial charge is 0.328 e. The summed E-state index contributed by atoms with van der Waals surface area (Å²) in [7, 11) is 0. The maximum absolute atomic E-state index is 5.95. The van der Waals surface area contributed by atoms with Crippen LogP contribution >= 0.6 is 11.6 Å². The van der Waals surface area contributed by atoms with Crippen molar-refractivity contribution in [2.45, 2.75) is 39.2 Å². The lowest BCUT2D eigenvalue weighted by atomic mass is 10.0. The molecular formula is C12H18ClN. The van der Waals surface area contributed by atoms with E-state index in [1.54, 1.807) is 0 Å². The van der Waals surface area contributed by atoms with Gasteiger partial charge < -0.3 is 5.73 Å². The van der Waals surface area contributed by atoms with Crippen LogP contribution in [0.5, 0.6) is 0 Å². The van der Waals surface area contributed by atoms with Gasteiger partial charge in [0.1, 0.15) is 0 Å². The predicted octanol–water partition coefficient (Wildman–Crippen LogP) is 3.32. The summed E-state index contributed by atoms with van der Waals surface area (Å²) in [4.78, 5) is 0. The van der Waals surface area contributed by atoms with Crippen LogP contribution in [0.3, 0.4) is 0 Å². The van der Waals surface area contributed by atoms with Crippen molar-refractivity contribution in [3.8, 4) is 0 Å². The Balaban J connectivity index is 2.55. The Kier molecular flexibility index (Phi) is 4.43. The molecule has 1 atom stereocenters. The highest BCUT2D eigenvalue weighted by atomic mass is 35.5. The van der Waals surface area contributed by atoms with E-state index in [0.29, 0.717) is 6.04 Å². The second-order valence-electron chi connectivity index (χ2n) is 3.79. The maximum Gasteiger partial charge on any atom is 0.0435 e. The minimum Gasteiger partial charge on any atom is -0.328 e. The molecule has 0 aliphatic heterocycles. The zero-order valence-electron chi connectivity index (χ0n) is 8.89. The Morgan fingerprint density at radius 1 is 1.43 bits per heavy atom. The van der Waals surface area contributed by atoms with E-state index >= 15 is 0 Å². The van der Waals surface area contributed by atoms with Gasteiger partial charge in [0, 0.05) is 11.1 Å². The third kappa shape index (κ3) is 3.32. The standard InChI is InChI=1S/C12H18ClN/c1-3-11(14)6-4-10-5-7-12(13)9(2)8-10/h5,7-8,11H,3-4,6,14H2,1-2H3. The van der Waals surface area contributed by atoms with Gasteiger partial charge in [0.15, 0.2) is 0 Å². The number of aryl methyl sites for hydroxylation is 2. The summed E-state index contributed by atoms with van der Waals surface area (Å²) >= 11 is 5.95. The normalized spacial score (nSPS) is 12.9. The summed E-state index contributed by atoms with van der Waals surface area (Å²) in [5.74, 6) is 0. The van der Waals surface area contributed by atoms with Gasteiger partial charge in [-0.1, -0.05) is 30.7 Å². The van der Waals surface area contributed by atoms with Gasteiger partial charge in [0.2, 0.25) is 0 Å². The van der Waals surface area contributed by atoms with Crippen LogP contribution in [0, 0.1) is 6.92 Å². The molecule has 0 bridgehead atoms. The molecule has 0 spiro atoms. The number of rotatable bonds is 4. The van der Waals surface area contributed by atoms with Gasteiger partial charge in [-0.05, 0) is 43.4 Å². The first-order valence-electron chi connectivity index (χ1n) is 5.14. The fourth-order valence-electron chi connectivity index (χ4n) is 1.42. The minimum absolute atomic E-state index is 0.325. The quantitative estimate of drug-likeness (QED) is 0.813. The second kappa shape index (κ2) is 5.38. The molecule has 0 aliphatic carbocycles. The first-order valence-corrected chi connectivity index (χ1v) is 5.52. The molecule has 0 saturated heterocycles. The van der Waals surface area contributed by atoms with E-state index in [9.17, 15) is 0 Å². The van der Waals surface area contributed by atoms with E-state index in [4.69, 9.17) is 17.3 Å². The van der Waals surface area contributed by atoms with E-state index in [2.05, 4.69) is 19.1 Å². The summed E-state index contributed by atoms with van der Waals surface area (Å²) in [5.41, 5.74) is 8.34. The van der Waals surface area contributed by atoms with Crippen LogP contribution < -0.4 is 5.73 Å². The van der Waals surface area contributed by atoms with Crippen molar-refractivity contribution in [3.63, 3.8) is 0 Å². The molecule has 1 nitrogen and oxygen atoms in total. The molecule has 0 aromatic heterocycles. The molecule has 14 heavy (non-hydrogen) atoms. The third-order valence-electron chi connectivity index (χ3n) is 2.55. The monoisotopic (exact) mass is 211 g/mol. The van der Waals surface area contributed by atoms with Crippen molar-refractivity contribution >= 4 is 11.6 Å². The van der Waals surface area contributed by atoms with Crippen molar-refractivity contribution in [2.75, 3.05) is 0 Å². The molecular weight excluding hydrogens is 194 g/mol. The van der Waals surface area contributed by atoms with Crippen molar-refractivity contribution in [1.82, 2.24) is 0 Å². The van der Waals surface area contributed by atoms with Crippen LogP contribution in [0.25, 0.3) is 0 Å². The lowest BCUT2D eigenvalue weighted by Gasteiger charge is -2.09. The highest BCUT2D eigenvalue weighted by Gasteiger charge is 2.01. The van der Waals surface area contributed by atoms with Crippen molar-refractivity contribution in [1.29, 1.82) is 0 Å². The van der Waals surface area contributed by atoms with Crippen molar-refractivity contribution in [3.05, 3.63) is 34.3 Å².